The highest BCUT2D eigenvalue weighted by Gasteiger charge is 2.22. The minimum atomic E-state index is -0.520. The van der Waals surface area contributed by atoms with E-state index in [1.165, 1.54) is 18.2 Å². The first-order valence-corrected chi connectivity index (χ1v) is 6.74. The maximum Gasteiger partial charge on any atom is 0.257 e. The Morgan fingerprint density at radius 1 is 1.53 bits per heavy atom. The summed E-state index contributed by atoms with van der Waals surface area (Å²) in [5.74, 6) is -0.840. The Morgan fingerprint density at radius 2 is 2.21 bits per heavy atom. The first-order chi connectivity index (χ1) is 9.01. The van der Waals surface area contributed by atoms with E-state index in [-0.39, 0.29) is 17.5 Å². The molecule has 1 rings (SSSR count). The zero-order chi connectivity index (χ0) is 14.4. The van der Waals surface area contributed by atoms with E-state index < -0.39 is 5.82 Å². The van der Waals surface area contributed by atoms with Crippen LogP contribution in [0.3, 0.4) is 0 Å². The van der Waals surface area contributed by atoms with Gasteiger partial charge in [-0.1, -0.05) is 6.92 Å². The highest BCUT2D eigenvalue weighted by atomic mass is 32.1. The van der Waals surface area contributed by atoms with Crippen LogP contribution in [0.4, 0.5) is 4.39 Å². The Balaban J connectivity index is 3.00. The monoisotopic (exact) mass is 285 g/mol. The van der Waals surface area contributed by atoms with E-state index in [0.717, 1.165) is 6.42 Å². The van der Waals surface area contributed by atoms with Crippen LogP contribution in [-0.4, -0.2) is 37.1 Å². The molecule has 1 atom stereocenters. The van der Waals surface area contributed by atoms with Gasteiger partial charge in [0, 0.05) is 24.6 Å². The maximum atomic E-state index is 13.8. The summed E-state index contributed by atoms with van der Waals surface area (Å²) >= 11 is 4.15. The van der Waals surface area contributed by atoms with Crippen molar-refractivity contribution in [3.8, 4) is 0 Å². The molecule has 0 saturated heterocycles. The van der Waals surface area contributed by atoms with Gasteiger partial charge >= 0.3 is 0 Å². The molecular formula is C14H20FNO2S. The third-order valence-corrected chi connectivity index (χ3v) is 3.38. The van der Waals surface area contributed by atoms with Gasteiger partial charge in [-0.3, -0.25) is 4.79 Å². The number of ether oxygens (including phenoxy) is 1. The summed E-state index contributed by atoms with van der Waals surface area (Å²) in [5, 5.41) is 0. The third kappa shape index (κ3) is 4.21. The van der Waals surface area contributed by atoms with Crippen molar-refractivity contribution in [2.45, 2.75) is 31.2 Å². The summed E-state index contributed by atoms with van der Waals surface area (Å²) in [4.78, 5) is 14.6. The number of methoxy groups -OCH3 is 1. The van der Waals surface area contributed by atoms with Crippen LogP contribution in [-0.2, 0) is 4.74 Å². The van der Waals surface area contributed by atoms with E-state index in [4.69, 9.17) is 4.74 Å². The molecular weight excluding hydrogens is 265 g/mol. The number of carbonyl (C=O) groups excluding carboxylic acids is 1. The van der Waals surface area contributed by atoms with Gasteiger partial charge in [0.2, 0.25) is 0 Å². The number of hydrogen-bond donors (Lipinski definition) is 1. The normalized spacial score (nSPS) is 12.3. The molecule has 0 radical (unpaired) electrons. The van der Waals surface area contributed by atoms with Crippen LogP contribution in [0.15, 0.2) is 23.1 Å². The van der Waals surface area contributed by atoms with Crippen LogP contribution in [0.2, 0.25) is 0 Å². The molecule has 19 heavy (non-hydrogen) atoms. The summed E-state index contributed by atoms with van der Waals surface area (Å²) < 4.78 is 18.8. The quantitative estimate of drug-likeness (QED) is 0.814. The number of nitrogens with zero attached hydrogens (tertiary/aromatic N) is 1. The molecule has 0 aliphatic rings. The second-order valence-electron chi connectivity index (χ2n) is 4.41. The highest BCUT2D eigenvalue weighted by molar-refractivity contribution is 7.80. The molecule has 0 bridgehead atoms. The number of halogens is 1. The molecule has 0 heterocycles. The predicted molar refractivity (Wildman–Crippen MR) is 76.3 cm³/mol. The standard InChI is InChI=1S/C14H20FNO2S/c1-4-10(2)16(7-8-18-3)14(17)12-9-11(19)5-6-13(12)15/h5-6,9-10,19H,4,7-8H2,1-3H3. The van der Waals surface area contributed by atoms with Crippen molar-refractivity contribution in [3.05, 3.63) is 29.6 Å². The zero-order valence-corrected chi connectivity index (χ0v) is 12.4. The number of benzene rings is 1. The van der Waals surface area contributed by atoms with Gasteiger partial charge in [0.1, 0.15) is 5.82 Å². The number of rotatable bonds is 6. The lowest BCUT2D eigenvalue weighted by molar-refractivity contribution is 0.0609. The van der Waals surface area contributed by atoms with E-state index in [9.17, 15) is 9.18 Å². The minimum Gasteiger partial charge on any atom is -0.383 e. The lowest BCUT2D eigenvalue weighted by Crippen LogP contribution is -2.40. The molecule has 5 heteroatoms. The predicted octanol–water partition coefficient (Wildman–Crippen LogP) is 3.00. The third-order valence-electron chi connectivity index (χ3n) is 3.10. The Kier molecular flexibility index (Phi) is 6.31. The van der Waals surface area contributed by atoms with Crippen molar-refractivity contribution in [3.63, 3.8) is 0 Å². The van der Waals surface area contributed by atoms with Gasteiger partial charge in [0.05, 0.1) is 12.2 Å². The lowest BCUT2D eigenvalue weighted by Gasteiger charge is -2.28. The average molecular weight is 285 g/mol. The molecule has 3 nitrogen and oxygen atoms in total. The SMILES string of the molecule is CCC(C)N(CCOC)C(=O)c1cc(S)ccc1F. The van der Waals surface area contributed by atoms with Crippen molar-refractivity contribution >= 4 is 18.5 Å². The van der Waals surface area contributed by atoms with Crippen LogP contribution >= 0.6 is 12.6 Å². The number of hydrogen-bond acceptors (Lipinski definition) is 3. The Labute approximate surface area is 119 Å². The molecule has 1 aromatic carbocycles. The van der Waals surface area contributed by atoms with Crippen molar-refractivity contribution in [1.82, 2.24) is 4.90 Å². The van der Waals surface area contributed by atoms with Crippen molar-refractivity contribution in [2.75, 3.05) is 20.3 Å². The molecule has 106 valence electrons. The van der Waals surface area contributed by atoms with Crippen molar-refractivity contribution in [1.29, 1.82) is 0 Å². The second kappa shape index (κ2) is 7.50. The van der Waals surface area contributed by atoms with Gasteiger partial charge in [-0.25, -0.2) is 4.39 Å². The average Bonchev–Trinajstić information content (AvgIpc) is 2.41. The Morgan fingerprint density at radius 3 is 2.79 bits per heavy atom. The summed E-state index contributed by atoms with van der Waals surface area (Å²) in [6, 6.07) is 4.28. The molecule has 1 unspecified atom stereocenters. The van der Waals surface area contributed by atoms with E-state index in [1.807, 2.05) is 13.8 Å². The Bertz CT molecular complexity index is 439. The van der Waals surface area contributed by atoms with Crippen LogP contribution in [0.5, 0.6) is 0 Å². The molecule has 0 aliphatic carbocycles. The summed E-state index contributed by atoms with van der Waals surface area (Å²) in [6.07, 6.45) is 0.803. The molecule has 0 aromatic heterocycles. The first-order valence-electron chi connectivity index (χ1n) is 6.29. The van der Waals surface area contributed by atoms with Gasteiger partial charge in [-0.05, 0) is 31.5 Å². The summed E-state index contributed by atoms with van der Waals surface area (Å²) in [6.45, 7) is 4.80. The summed E-state index contributed by atoms with van der Waals surface area (Å²) in [5.41, 5.74) is 0.0592. The van der Waals surface area contributed by atoms with Crippen molar-refractivity contribution < 1.29 is 13.9 Å². The van der Waals surface area contributed by atoms with Crippen LogP contribution in [0, 0.1) is 5.82 Å². The van der Waals surface area contributed by atoms with E-state index in [0.29, 0.717) is 18.0 Å². The molecule has 0 spiro atoms. The van der Waals surface area contributed by atoms with Crippen LogP contribution in [0.1, 0.15) is 30.6 Å². The molecule has 1 amide bonds. The van der Waals surface area contributed by atoms with Crippen LogP contribution in [0.25, 0.3) is 0 Å². The zero-order valence-electron chi connectivity index (χ0n) is 11.5. The lowest BCUT2D eigenvalue weighted by atomic mass is 10.1. The summed E-state index contributed by atoms with van der Waals surface area (Å²) in [7, 11) is 1.58. The van der Waals surface area contributed by atoms with Crippen molar-refractivity contribution in [2.24, 2.45) is 0 Å². The fourth-order valence-electron chi connectivity index (χ4n) is 1.76. The molecule has 0 saturated carbocycles. The molecule has 0 N–H and O–H groups in total. The Hall–Kier alpha value is -1.07. The van der Waals surface area contributed by atoms with E-state index >= 15 is 0 Å². The maximum absolute atomic E-state index is 13.8. The molecule has 0 aliphatic heterocycles. The second-order valence-corrected chi connectivity index (χ2v) is 4.93. The number of carbonyl (C=O) groups is 1. The molecule has 1 aromatic rings. The fraction of sp³-hybridized carbons (Fsp3) is 0.500. The first kappa shape index (κ1) is 16.0. The number of amides is 1. The van der Waals surface area contributed by atoms with Gasteiger partial charge < -0.3 is 9.64 Å². The largest absolute Gasteiger partial charge is 0.383 e. The molecule has 0 fully saturated rings. The van der Waals surface area contributed by atoms with Gasteiger partial charge in [-0.2, -0.15) is 0 Å². The fourth-order valence-corrected chi connectivity index (χ4v) is 1.97. The van der Waals surface area contributed by atoms with Gasteiger partial charge in [0.25, 0.3) is 5.91 Å². The highest BCUT2D eigenvalue weighted by Crippen LogP contribution is 2.17. The van der Waals surface area contributed by atoms with E-state index in [2.05, 4.69) is 12.6 Å². The smallest absolute Gasteiger partial charge is 0.257 e. The number of thiol groups is 1. The van der Waals surface area contributed by atoms with E-state index in [1.54, 1.807) is 12.0 Å². The van der Waals surface area contributed by atoms with Gasteiger partial charge in [-0.15, -0.1) is 12.6 Å². The van der Waals surface area contributed by atoms with Gasteiger partial charge in [0.15, 0.2) is 0 Å². The van der Waals surface area contributed by atoms with Crippen LogP contribution < -0.4 is 0 Å². The topological polar surface area (TPSA) is 29.5 Å². The minimum absolute atomic E-state index is 0.0330.